The molecule has 0 spiro atoms. The number of nitrogens with zero attached hydrogens (tertiary/aromatic N) is 2. The van der Waals surface area contributed by atoms with E-state index >= 15 is 0 Å². The zero-order valence-electron chi connectivity index (χ0n) is 12.0. The first-order valence-electron chi connectivity index (χ1n) is 6.84. The largest absolute Gasteiger partial charge is 0.192 e. The first kappa shape index (κ1) is 15.0. The van der Waals surface area contributed by atoms with Crippen molar-refractivity contribution in [2.45, 2.75) is 0 Å². The molecular weight excluding hydrogens is 268 g/mol. The molecule has 0 aromatic heterocycles. The van der Waals surface area contributed by atoms with Gasteiger partial charge in [0.2, 0.25) is 0 Å². The average molecular weight is 282 g/mol. The smallest absolute Gasteiger partial charge is 0.136 e. The maximum absolute atomic E-state index is 9.18. The fraction of sp³-hybridized carbons (Fsp3) is 0. The number of rotatable bonds is 2. The number of nitriles is 2. The van der Waals surface area contributed by atoms with Crippen molar-refractivity contribution >= 4 is 0 Å². The molecule has 0 amide bonds. The van der Waals surface area contributed by atoms with Crippen molar-refractivity contribution in [3.63, 3.8) is 0 Å². The second kappa shape index (κ2) is 8.04. The Balaban J connectivity index is 2.48. The van der Waals surface area contributed by atoms with E-state index in [1.165, 1.54) is 0 Å². The Hall–Kier alpha value is -3.36. The van der Waals surface area contributed by atoms with Gasteiger partial charge in [0, 0.05) is 5.57 Å². The summed E-state index contributed by atoms with van der Waals surface area (Å²) in [6, 6.07) is 3.93. The van der Waals surface area contributed by atoms with E-state index < -0.39 is 0 Å². The molecule has 0 fully saturated rings. The second-order valence-electron chi connectivity index (χ2n) is 4.55. The van der Waals surface area contributed by atoms with Gasteiger partial charge in [-0.1, -0.05) is 72.9 Å². The molecule has 104 valence electrons. The molecule has 0 atom stereocenters. The minimum atomic E-state index is 0.0954. The Morgan fingerprint density at radius 3 is 1.32 bits per heavy atom. The normalized spacial score (nSPS) is 14.8. The lowest BCUT2D eigenvalue weighted by atomic mass is 10.0. The molecule has 0 saturated carbocycles. The molecule has 2 heteroatoms. The monoisotopic (exact) mass is 282 g/mol. The van der Waals surface area contributed by atoms with Crippen LogP contribution in [0.3, 0.4) is 0 Å². The van der Waals surface area contributed by atoms with Gasteiger partial charge >= 0.3 is 0 Å². The van der Waals surface area contributed by atoms with Crippen molar-refractivity contribution in [1.82, 2.24) is 0 Å². The third kappa shape index (κ3) is 4.34. The zero-order valence-corrected chi connectivity index (χ0v) is 12.0. The van der Waals surface area contributed by atoms with Gasteiger partial charge in [-0.3, -0.25) is 0 Å². The Kier molecular flexibility index (Phi) is 5.50. The van der Waals surface area contributed by atoms with Crippen molar-refractivity contribution in [3.05, 3.63) is 107 Å². The van der Waals surface area contributed by atoms with E-state index in [0.717, 1.165) is 11.1 Å². The van der Waals surface area contributed by atoms with Gasteiger partial charge in [-0.2, -0.15) is 10.5 Å². The second-order valence-corrected chi connectivity index (χ2v) is 4.55. The van der Waals surface area contributed by atoms with Gasteiger partial charge in [0.25, 0.3) is 0 Å². The molecular formula is C20H14N2. The van der Waals surface area contributed by atoms with Crippen molar-refractivity contribution in [2.24, 2.45) is 0 Å². The zero-order chi connectivity index (χ0) is 15.6. The van der Waals surface area contributed by atoms with Crippen LogP contribution >= 0.6 is 0 Å². The minimum Gasteiger partial charge on any atom is -0.192 e. The lowest BCUT2D eigenvalue weighted by Gasteiger charge is -2.00. The highest BCUT2D eigenvalue weighted by Gasteiger charge is 2.03. The first-order valence-corrected chi connectivity index (χ1v) is 6.84. The van der Waals surface area contributed by atoms with Crippen LogP contribution in [0.15, 0.2) is 107 Å². The maximum atomic E-state index is 9.18. The van der Waals surface area contributed by atoms with Crippen LogP contribution in [-0.4, -0.2) is 0 Å². The summed E-state index contributed by atoms with van der Waals surface area (Å²) in [5.74, 6) is 0. The molecule has 2 aliphatic rings. The SMILES string of the molecule is N#CC(C#N)=C(C=C1C=CC=CC=C1)C=C1C=CC=CC=C1. The Morgan fingerprint density at radius 2 is 1.00 bits per heavy atom. The van der Waals surface area contributed by atoms with Crippen LogP contribution in [0.4, 0.5) is 0 Å². The summed E-state index contributed by atoms with van der Waals surface area (Å²) in [6.45, 7) is 0. The van der Waals surface area contributed by atoms with Crippen LogP contribution in [-0.2, 0) is 0 Å². The molecule has 0 saturated heterocycles. The van der Waals surface area contributed by atoms with E-state index in [1.807, 2.05) is 97.2 Å². The van der Waals surface area contributed by atoms with E-state index in [4.69, 9.17) is 0 Å². The van der Waals surface area contributed by atoms with Gasteiger partial charge in [0.15, 0.2) is 0 Å². The molecule has 0 unspecified atom stereocenters. The molecule has 2 rings (SSSR count). The quantitative estimate of drug-likeness (QED) is 0.698. The van der Waals surface area contributed by atoms with Crippen molar-refractivity contribution in [2.75, 3.05) is 0 Å². The molecule has 22 heavy (non-hydrogen) atoms. The molecule has 0 N–H and O–H groups in total. The summed E-state index contributed by atoms with van der Waals surface area (Å²) in [5.41, 5.74) is 2.56. The van der Waals surface area contributed by atoms with E-state index in [1.54, 1.807) is 0 Å². The number of allylic oxidation sites excluding steroid dienone is 18. The summed E-state index contributed by atoms with van der Waals surface area (Å²) in [6.07, 6.45) is 26.8. The molecule has 0 aliphatic heterocycles. The number of hydrogen-bond acceptors (Lipinski definition) is 2. The highest BCUT2D eigenvalue weighted by Crippen LogP contribution is 2.17. The molecule has 0 radical (unpaired) electrons. The standard InChI is InChI=1S/C20H14N2/c21-15-20(16-22)19(13-17-9-5-1-2-6-10-17)14-18-11-7-3-4-8-12-18/h1-14H. The highest BCUT2D eigenvalue weighted by molar-refractivity contribution is 5.56. The summed E-state index contributed by atoms with van der Waals surface area (Å²) in [7, 11) is 0. The van der Waals surface area contributed by atoms with Gasteiger partial charge in [0.1, 0.15) is 17.7 Å². The predicted octanol–water partition coefficient (Wildman–Crippen LogP) is 4.55. The van der Waals surface area contributed by atoms with Crippen LogP contribution in [0, 0.1) is 22.7 Å². The average Bonchev–Trinajstić information content (AvgIpc) is 2.93. The third-order valence-corrected chi connectivity index (χ3v) is 2.98. The van der Waals surface area contributed by atoms with E-state index in [0.29, 0.717) is 5.57 Å². The van der Waals surface area contributed by atoms with Gasteiger partial charge in [-0.05, 0) is 23.3 Å². The van der Waals surface area contributed by atoms with Crippen molar-refractivity contribution in [1.29, 1.82) is 10.5 Å². The topological polar surface area (TPSA) is 47.6 Å². The number of hydrogen-bond donors (Lipinski definition) is 0. The Bertz CT molecular complexity index is 688. The van der Waals surface area contributed by atoms with Gasteiger partial charge < -0.3 is 0 Å². The lowest BCUT2D eigenvalue weighted by Crippen LogP contribution is -1.86. The van der Waals surface area contributed by atoms with E-state index in [9.17, 15) is 10.5 Å². The van der Waals surface area contributed by atoms with Crippen LogP contribution in [0.5, 0.6) is 0 Å². The van der Waals surface area contributed by atoms with E-state index in [-0.39, 0.29) is 5.57 Å². The van der Waals surface area contributed by atoms with Crippen molar-refractivity contribution < 1.29 is 0 Å². The van der Waals surface area contributed by atoms with Gasteiger partial charge in [-0.15, -0.1) is 0 Å². The summed E-state index contributed by atoms with van der Waals surface area (Å²) in [4.78, 5) is 0. The van der Waals surface area contributed by atoms with Crippen LogP contribution in [0.1, 0.15) is 0 Å². The first-order chi connectivity index (χ1) is 10.8. The van der Waals surface area contributed by atoms with Gasteiger partial charge in [-0.25, -0.2) is 0 Å². The molecule has 2 aliphatic carbocycles. The molecule has 0 bridgehead atoms. The maximum Gasteiger partial charge on any atom is 0.136 e. The summed E-state index contributed by atoms with van der Waals surface area (Å²) < 4.78 is 0. The third-order valence-electron chi connectivity index (χ3n) is 2.98. The molecule has 0 heterocycles. The minimum absolute atomic E-state index is 0.0954. The van der Waals surface area contributed by atoms with Crippen molar-refractivity contribution in [3.8, 4) is 12.1 Å². The van der Waals surface area contributed by atoms with Crippen LogP contribution in [0.25, 0.3) is 0 Å². The molecule has 0 aromatic carbocycles. The van der Waals surface area contributed by atoms with E-state index in [2.05, 4.69) is 0 Å². The summed E-state index contributed by atoms with van der Waals surface area (Å²) in [5, 5.41) is 18.4. The Labute approximate surface area is 130 Å². The van der Waals surface area contributed by atoms with Crippen LogP contribution < -0.4 is 0 Å². The molecule has 0 aromatic rings. The Morgan fingerprint density at radius 1 is 0.636 bits per heavy atom. The fourth-order valence-corrected chi connectivity index (χ4v) is 1.93. The van der Waals surface area contributed by atoms with Crippen LogP contribution in [0.2, 0.25) is 0 Å². The summed E-state index contributed by atoms with van der Waals surface area (Å²) >= 11 is 0. The predicted molar refractivity (Wildman–Crippen MR) is 89.3 cm³/mol. The lowest BCUT2D eigenvalue weighted by molar-refractivity contribution is 1.43. The van der Waals surface area contributed by atoms with Gasteiger partial charge in [0.05, 0.1) is 0 Å². The molecule has 2 nitrogen and oxygen atoms in total. The highest BCUT2D eigenvalue weighted by atomic mass is 14.3. The fourth-order valence-electron chi connectivity index (χ4n) is 1.93.